The van der Waals surface area contributed by atoms with Crippen LogP contribution in [0.2, 0.25) is 0 Å². The summed E-state index contributed by atoms with van der Waals surface area (Å²) in [4.78, 5) is 0. The van der Waals surface area contributed by atoms with Gasteiger partial charge in [-0.1, -0.05) is 187 Å². The van der Waals surface area contributed by atoms with Gasteiger partial charge in [0, 0.05) is 17.0 Å². The van der Waals surface area contributed by atoms with Gasteiger partial charge in [0.1, 0.15) is 10.8 Å². The van der Waals surface area contributed by atoms with E-state index in [2.05, 4.69) is 212 Å². The molecule has 10 rings (SSSR count). The highest BCUT2D eigenvalue weighted by molar-refractivity contribution is 5.76. The summed E-state index contributed by atoms with van der Waals surface area (Å²) in [7, 11) is 0. The maximum absolute atomic E-state index is 3.86. The van der Waals surface area contributed by atoms with Gasteiger partial charge < -0.3 is 0 Å². The molecule has 0 amide bonds. The van der Waals surface area contributed by atoms with E-state index in [9.17, 15) is 0 Å². The molecule has 0 saturated heterocycles. The Balaban J connectivity index is 1.15. The lowest BCUT2D eigenvalue weighted by atomic mass is 9.53. The van der Waals surface area contributed by atoms with Gasteiger partial charge in [-0.05, 0) is 74.3 Å². The maximum Gasteiger partial charge on any atom is 0.107 e. The molecule has 0 unspecified atom stereocenters. The Bertz CT molecular complexity index is 2220. The molecule has 49 heavy (non-hydrogen) atoms. The molecular weight excluding hydrogens is 589 g/mol. The van der Waals surface area contributed by atoms with Gasteiger partial charge >= 0.3 is 0 Å². The van der Waals surface area contributed by atoms with Crippen molar-refractivity contribution in [1.29, 1.82) is 0 Å². The molecule has 0 aliphatic heterocycles. The van der Waals surface area contributed by atoms with Crippen molar-refractivity contribution in [2.24, 2.45) is 0 Å². The highest BCUT2D eigenvalue weighted by Gasteiger charge is 2.50. The summed E-state index contributed by atoms with van der Waals surface area (Å²) in [5.41, 5.74) is 12.2. The molecule has 0 nitrogen and oxygen atoms in total. The molecule has 2 bridgehead atoms. The van der Waals surface area contributed by atoms with Crippen molar-refractivity contribution in [2.45, 2.75) is 16.7 Å². The summed E-state index contributed by atoms with van der Waals surface area (Å²) in [5, 5.41) is 0. The van der Waals surface area contributed by atoms with Gasteiger partial charge in [-0.3, -0.25) is 0 Å². The summed E-state index contributed by atoms with van der Waals surface area (Å²) in [6.07, 6.45) is 0. The summed E-state index contributed by atoms with van der Waals surface area (Å²) in [5.74, 6) is 15.1. The molecule has 7 aromatic carbocycles. The first-order chi connectivity index (χ1) is 24.3. The lowest BCUT2D eigenvalue weighted by Crippen LogP contribution is -2.41. The molecule has 0 heteroatoms. The van der Waals surface area contributed by atoms with Crippen LogP contribution in [0.1, 0.15) is 67.1 Å². The Morgan fingerprint density at radius 1 is 0.367 bits per heavy atom. The predicted octanol–water partition coefficient (Wildman–Crippen LogP) is 10.3. The Hall–Kier alpha value is -6.34. The van der Waals surface area contributed by atoms with Gasteiger partial charge in [-0.2, -0.15) is 0 Å². The number of hydrogen-bond acceptors (Lipinski definition) is 0. The van der Waals surface area contributed by atoms with E-state index < -0.39 is 10.8 Å². The fourth-order valence-corrected chi connectivity index (χ4v) is 8.16. The molecule has 0 spiro atoms. The van der Waals surface area contributed by atoms with Crippen molar-refractivity contribution < 1.29 is 0 Å². The van der Waals surface area contributed by atoms with Crippen LogP contribution in [0.25, 0.3) is 0 Å². The van der Waals surface area contributed by atoms with E-state index in [1.165, 1.54) is 33.4 Å². The van der Waals surface area contributed by atoms with E-state index in [1.54, 1.807) is 0 Å². The van der Waals surface area contributed by atoms with E-state index in [1.807, 2.05) is 0 Å². The topological polar surface area (TPSA) is 0 Å². The van der Waals surface area contributed by atoms with E-state index in [0.717, 1.165) is 27.8 Å². The van der Waals surface area contributed by atoms with Gasteiger partial charge in [0.15, 0.2) is 0 Å². The van der Waals surface area contributed by atoms with Crippen molar-refractivity contribution in [3.05, 3.63) is 249 Å². The third-order valence-electron chi connectivity index (χ3n) is 10.3. The minimum atomic E-state index is -0.630. The Labute approximate surface area is 288 Å². The van der Waals surface area contributed by atoms with E-state index in [0.29, 0.717) is 0 Å². The molecule has 228 valence electrons. The first kappa shape index (κ1) is 28.8. The number of benzene rings is 7. The molecule has 0 radical (unpaired) electrons. The van der Waals surface area contributed by atoms with Crippen LogP contribution >= 0.6 is 0 Å². The second kappa shape index (κ2) is 11.7. The highest BCUT2D eigenvalue weighted by atomic mass is 14.5. The summed E-state index contributed by atoms with van der Waals surface area (Å²) < 4.78 is 0. The van der Waals surface area contributed by atoms with Crippen molar-refractivity contribution >= 4 is 0 Å². The maximum atomic E-state index is 3.86. The minimum absolute atomic E-state index is 0.236. The zero-order chi connectivity index (χ0) is 32.7. The van der Waals surface area contributed by atoms with Gasteiger partial charge in [0.05, 0.1) is 0 Å². The molecule has 3 aliphatic rings. The van der Waals surface area contributed by atoms with Crippen LogP contribution < -0.4 is 0 Å². The standard InChI is InChI=1S/C49H32/c1-4-16-38(17-5-1)48(39-18-6-2-7-19-39,40-20-8-3-9-21-40)34-32-36-28-30-37(31-29-36)33-35-49-44-25-13-10-22-41(44)47(42-23-11-14-26-45(42)49)43-24-12-15-27-46(43)49/h1-31,47H. The van der Waals surface area contributed by atoms with Crippen molar-refractivity contribution in [2.75, 3.05) is 0 Å². The quantitative estimate of drug-likeness (QED) is 0.136. The van der Waals surface area contributed by atoms with E-state index in [4.69, 9.17) is 0 Å². The smallest absolute Gasteiger partial charge is 0.0765 e. The fourth-order valence-electron chi connectivity index (χ4n) is 8.16. The lowest BCUT2D eigenvalue weighted by molar-refractivity contribution is 0.666. The van der Waals surface area contributed by atoms with Crippen LogP contribution in [0.3, 0.4) is 0 Å². The van der Waals surface area contributed by atoms with Gasteiger partial charge in [0.2, 0.25) is 0 Å². The normalized spacial score (nSPS) is 16.5. The largest absolute Gasteiger partial charge is 0.107 e. The molecule has 0 N–H and O–H groups in total. The molecule has 0 heterocycles. The number of rotatable bonds is 3. The van der Waals surface area contributed by atoms with E-state index in [-0.39, 0.29) is 5.92 Å². The Morgan fingerprint density at radius 2 is 0.714 bits per heavy atom. The molecule has 7 aromatic rings. The Kier molecular flexibility index (Phi) is 6.90. The first-order valence-corrected chi connectivity index (χ1v) is 16.9. The second-order valence-corrected chi connectivity index (χ2v) is 12.9. The van der Waals surface area contributed by atoms with Gasteiger partial charge in [0.25, 0.3) is 0 Å². The summed E-state index contributed by atoms with van der Waals surface area (Å²) in [6.45, 7) is 0. The zero-order valence-electron chi connectivity index (χ0n) is 27.0. The Morgan fingerprint density at radius 3 is 1.12 bits per heavy atom. The second-order valence-electron chi connectivity index (χ2n) is 12.9. The van der Waals surface area contributed by atoms with Crippen LogP contribution in [-0.2, 0) is 10.8 Å². The van der Waals surface area contributed by atoms with Crippen molar-refractivity contribution in [3.63, 3.8) is 0 Å². The highest BCUT2D eigenvalue weighted by Crippen LogP contribution is 2.58. The molecule has 0 saturated carbocycles. The molecule has 3 aliphatic carbocycles. The molecule has 0 aromatic heterocycles. The van der Waals surface area contributed by atoms with Crippen LogP contribution in [0, 0.1) is 23.7 Å². The SMILES string of the molecule is C(#CC(c1ccccc1)(c1ccccc1)c1ccccc1)c1ccc(C#CC23c4ccccc4C(c4ccccc42)c2ccccc23)cc1. The average Bonchev–Trinajstić information content (AvgIpc) is 3.19. The van der Waals surface area contributed by atoms with Crippen molar-refractivity contribution in [3.8, 4) is 23.7 Å². The molecule has 0 atom stereocenters. The van der Waals surface area contributed by atoms with Gasteiger partial charge in [-0.25, -0.2) is 0 Å². The third-order valence-corrected chi connectivity index (χ3v) is 10.3. The third kappa shape index (κ3) is 4.50. The minimum Gasteiger partial charge on any atom is -0.0765 e. The number of hydrogen-bond donors (Lipinski definition) is 0. The van der Waals surface area contributed by atoms with Crippen LogP contribution in [0.5, 0.6) is 0 Å². The van der Waals surface area contributed by atoms with E-state index >= 15 is 0 Å². The summed E-state index contributed by atoms with van der Waals surface area (Å²) in [6, 6.07) is 66.9. The average molecular weight is 621 g/mol. The lowest BCUT2D eigenvalue weighted by Gasteiger charge is -2.48. The fraction of sp³-hybridized carbons (Fsp3) is 0.0612. The van der Waals surface area contributed by atoms with Crippen molar-refractivity contribution in [1.82, 2.24) is 0 Å². The molecular formula is C49H32. The monoisotopic (exact) mass is 620 g/mol. The van der Waals surface area contributed by atoms with Crippen LogP contribution in [0.4, 0.5) is 0 Å². The summed E-state index contributed by atoms with van der Waals surface area (Å²) >= 11 is 0. The predicted molar refractivity (Wildman–Crippen MR) is 200 cm³/mol. The van der Waals surface area contributed by atoms with Crippen LogP contribution in [0.15, 0.2) is 188 Å². The van der Waals surface area contributed by atoms with Gasteiger partial charge in [-0.15, -0.1) is 0 Å². The van der Waals surface area contributed by atoms with Crippen LogP contribution in [-0.4, -0.2) is 0 Å². The zero-order valence-corrected chi connectivity index (χ0v) is 27.0. The molecule has 0 fully saturated rings. The first-order valence-electron chi connectivity index (χ1n) is 16.9.